The second-order valence-electron chi connectivity index (χ2n) is 9.63. The number of rotatable bonds is 4. The molecular formula is C23H30O5. The van der Waals surface area contributed by atoms with Crippen molar-refractivity contribution in [2.24, 2.45) is 34.5 Å². The highest BCUT2D eigenvalue weighted by Gasteiger charge is 2.61. The number of esters is 1. The van der Waals surface area contributed by atoms with Crippen LogP contribution in [0.25, 0.3) is 0 Å². The van der Waals surface area contributed by atoms with Gasteiger partial charge in [-0.05, 0) is 74.2 Å². The van der Waals surface area contributed by atoms with Gasteiger partial charge in [0.05, 0.1) is 5.41 Å². The molecule has 6 atom stereocenters. The van der Waals surface area contributed by atoms with Gasteiger partial charge in [0, 0.05) is 19.3 Å². The standard InChI is InChI=1S/C23H30O5/c1-14(25)28-12-21(27)20-6-5-18-17-4-3-15-11-16(26)7-10-23(15,13-24)19(17)8-9-22(18,20)2/h11,13,17-20H,3-10,12H2,1-2H3/t17-,18-,19-,20+,22+,23+/m1/s1. The molecule has 0 unspecified atom stereocenters. The van der Waals surface area contributed by atoms with Crippen LogP contribution in [0.2, 0.25) is 0 Å². The Hall–Kier alpha value is -1.78. The van der Waals surface area contributed by atoms with Crippen LogP contribution in [0.4, 0.5) is 0 Å². The van der Waals surface area contributed by atoms with E-state index in [4.69, 9.17) is 4.74 Å². The van der Waals surface area contributed by atoms with Gasteiger partial charge in [0.15, 0.2) is 11.6 Å². The molecule has 152 valence electrons. The lowest BCUT2D eigenvalue weighted by Crippen LogP contribution is -2.52. The van der Waals surface area contributed by atoms with Crippen LogP contribution in [-0.2, 0) is 23.9 Å². The van der Waals surface area contributed by atoms with E-state index in [1.165, 1.54) is 6.92 Å². The van der Waals surface area contributed by atoms with E-state index in [9.17, 15) is 19.2 Å². The Kier molecular flexibility index (Phi) is 4.83. The normalized spacial score (nSPS) is 41.9. The molecule has 0 radical (unpaired) electrons. The van der Waals surface area contributed by atoms with Gasteiger partial charge in [-0.2, -0.15) is 0 Å². The lowest BCUT2D eigenvalue weighted by atomic mass is 9.46. The van der Waals surface area contributed by atoms with Gasteiger partial charge < -0.3 is 9.53 Å². The third kappa shape index (κ3) is 2.81. The minimum Gasteiger partial charge on any atom is -0.458 e. The topological polar surface area (TPSA) is 77.5 Å². The summed E-state index contributed by atoms with van der Waals surface area (Å²) in [7, 11) is 0. The molecule has 4 aliphatic rings. The van der Waals surface area contributed by atoms with Crippen molar-refractivity contribution in [2.75, 3.05) is 6.61 Å². The van der Waals surface area contributed by atoms with Gasteiger partial charge in [0.1, 0.15) is 12.9 Å². The number of fused-ring (bicyclic) bond motifs is 5. The Morgan fingerprint density at radius 2 is 1.93 bits per heavy atom. The maximum absolute atomic E-state index is 12.8. The molecule has 0 aromatic heterocycles. The Morgan fingerprint density at radius 3 is 2.64 bits per heavy atom. The van der Waals surface area contributed by atoms with Crippen LogP contribution < -0.4 is 0 Å². The van der Waals surface area contributed by atoms with Crippen LogP contribution in [0.1, 0.15) is 65.2 Å². The molecule has 0 amide bonds. The number of carbonyl (C=O) groups excluding carboxylic acids is 4. The zero-order valence-corrected chi connectivity index (χ0v) is 16.9. The highest BCUT2D eigenvalue weighted by Crippen LogP contribution is 2.66. The summed E-state index contributed by atoms with van der Waals surface area (Å²) in [4.78, 5) is 48.1. The van der Waals surface area contributed by atoms with Crippen LogP contribution in [-0.4, -0.2) is 30.4 Å². The van der Waals surface area contributed by atoms with Crippen molar-refractivity contribution >= 4 is 23.8 Å². The molecule has 4 aliphatic carbocycles. The van der Waals surface area contributed by atoms with Crippen LogP contribution in [0, 0.1) is 34.5 Å². The third-order valence-corrected chi connectivity index (χ3v) is 8.58. The molecule has 4 rings (SSSR count). The van der Waals surface area contributed by atoms with Crippen molar-refractivity contribution in [1.29, 1.82) is 0 Å². The lowest BCUT2D eigenvalue weighted by Gasteiger charge is -2.57. The van der Waals surface area contributed by atoms with Crippen LogP contribution >= 0.6 is 0 Å². The van der Waals surface area contributed by atoms with Crippen LogP contribution in [0.15, 0.2) is 11.6 Å². The first kappa shape index (κ1) is 19.5. The van der Waals surface area contributed by atoms with Crippen molar-refractivity contribution in [2.45, 2.75) is 65.2 Å². The minimum atomic E-state index is -0.460. The monoisotopic (exact) mass is 386 g/mol. The number of ether oxygens (including phenoxy) is 1. The summed E-state index contributed by atoms with van der Waals surface area (Å²) in [5.74, 6) is 0.873. The van der Waals surface area contributed by atoms with E-state index in [-0.39, 0.29) is 29.5 Å². The number of aldehydes is 1. The first-order chi connectivity index (χ1) is 13.3. The smallest absolute Gasteiger partial charge is 0.303 e. The summed E-state index contributed by atoms with van der Waals surface area (Å²) >= 11 is 0. The molecule has 0 spiro atoms. The molecule has 3 fully saturated rings. The van der Waals surface area contributed by atoms with Crippen LogP contribution in [0.5, 0.6) is 0 Å². The summed E-state index contributed by atoms with van der Waals surface area (Å²) in [6.07, 6.45) is 9.55. The zero-order chi connectivity index (χ0) is 20.1. The summed E-state index contributed by atoms with van der Waals surface area (Å²) in [6.45, 7) is 3.45. The largest absolute Gasteiger partial charge is 0.458 e. The zero-order valence-electron chi connectivity index (χ0n) is 16.9. The van der Waals surface area contributed by atoms with Gasteiger partial charge in [0.2, 0.25) is 0 Å². The fourth-order valence-corrected chi connectivity index (χ4v) is 7.30. The fraction of sp³-hybridized carbons (Fsp3) is 0.739. The molecule has 0 heterocycles. The van der Waals surface area contributed by atoms with Crippen molar-refractivity contribution < 1.29 is 23.9 Å². The van der Waals surface area contributed by atoms with Gasteiger partial charge in [-0.25, -0.2) is 0 Å². The SMILES string of the molecule is CC(=O)OCC(=O)[C@@H]1CC[C@@H]2[C@H]3CCC4=CC(=O)CC[C@@]4(C=O)[C@@H]3CC[C@@]21C. The summed E-state index contributed by atoms with van der Waals surface area (Å²) in [6, 6.07) is 0. The fourth-order valence-electron chi connectivity index (χ4n) is 7.30. The predicted octanol–water partition coefficient (Wildman–Crippen LogP) is 3.45. The Morgan fingerprint density at radius 1 is 1.14 bits per heavy atom. The molecule has 5 nitrogen and oxygen atoms in total. The molecule has 28 heavy (non-hydrogen) atoms. The summed E-state index contributed by atoms with van der Waals surface area (Å²) in [5, 5.41) is 0. The molecule has 3 saturated carbocycles. The molecule has 0 saturated heterocycles. The van der Waals surface area contributed by atoms with E-state index in [2.05, 4.69) is 6.92 Å². The van der Waals surface area contributed by atoms with Gasteiger partial charge in [0.25, 0.3) is 0 Å². The quantitative estimate of drug-likeness (QED) is 0.546. The number of hydrogen-bond donors (Lipinski definition) is 0. The van der Waals surface area contributed by atoms with Crippen molar-refractivity contribution in [3.63, 3.8) is 0 Å². The van der Waals surface area contributed by atoms with Crippen molar-refractivity contribution in [3.8, 4) is 0 Å². The number of ketones is 2. The number of Topliss-reactive ketones (excluding diaryl/α,β-unsaturated/α-hetero) is 1. The maximum Gasteiger partial charge on any atom is 0.303 e. The Labute approximate surface area is 166 Å². The second-order valence-corrected chi connectivity index (χ2v) is 9.63. The molecule has 0 aromatic rings. The highest BCUT2D eigenvalue weighted by atomic mass is 16.5. The van der Waals surface area contributed by atoms with E-state index in [1.807, 2.05) is 0 Å². The summed E-state index contributed by atoms with van der Waals surface area (Å²) in [5.41, 5.74) is 0.524. The number of allylic oxidation sites excluding steroid dienone is 1. The second kappa shape index (κ2) is 6.93. The minimum absolute atomic E-state index is 0.0448. The highest BCUT2D eigenvalue weighted by molar-refractivity contribution is 5.93. The average Bonchev–Trinajstić information content (AvgIpc) is 3.03. The number of hydrogen-bond acceptors (Lipinski definition) is 5. The van der Waals surface area contributed by atoms with E-state index >= 15 is 0 Å². The van der Waals surface area contributed by atoms with Gasteiger partial charge >= 0.3 is 5.97 Å². The summed E-state index contributed by atoms with van der Waals surface area (Å²) < 4.78 is 4.99. The first-order valence-electron chi connectivity index (χ1n) is 10.7. The van der Waals surface area contributed by atoms with Gasteiger partial charge in [-0.1, -0.05) is 12.5 Å². The first-order valence-corrected chi connectivity index (χ1v) is 10.7. The number of carbonyl (C=O) groups is 4. The van der Waals surface area contributed by atoms with Gasteiger partial charge in [-0.15, -0.1) is 0 Å². The Balaban J connectivity index is 1.59. The molecule has 0 N–H and O–H groups in total. The van der Waals surface area contributed by atoms with E-state index in [0.29, 0.717) is 30.6 Å². The van der Waals surface area contributed by atoms with E-state index in [1.54, 1.807) is 6.08 Å². The van der Waals surface area contributed by atoms with Crippen molar-refractivity contribution in [1.82, 2.24) is 0 Å². The molecular weight excluding hydrogens is 356 g/mol. The van der Waals surface area contributed by atoms with Crippen LogP contribution in [0.3, 0.4) is 0 Å². The molecule has 0 aliphatic heterocycles. The average molecular weight is 386 g/mol. The van der Waals surface area contributed by atoms with E-state index in [0.717, 1.165) is 50.4 Å². The molecule has 0 bridgehead atoms. The lowest BCUT2D eigenvalue weighted by molar-refractivity contribution is -0.149. The van der Waals surface area contributed by atoms with E-state index < -0.39 is 11.4 Å². The predicted molar refractivity (Wildman–Crippen MR) is 102 cm³/mol. The molecule has 0 aromatic carbocycles. The van der Waals surface area contributed by atoms with Crippen molar-refractivity contribution in [3.05, 3.63) is 11.6 Å². The van der Waals surface area contributed by atoms with Gasteiger partial charge in [-0.3, -0.25) is 14.4 Å². The molecule has 5 heteroatoms. The third-order valence-electron chi connectivity index (χ3n) is 8.58. The Bertz CT molecular complexity index is 752. The maximum atomic E-state index is 12.8.